The lowest BCUT2D eigenvalue weighted by molar-refractivity contribution is -0.133. The van der Waals surface area contributed by atoms with Crippen molar-refractivity contribution in [3.05, 3.63) is 70.5 Å². The molecule has 1 atom stereocenters. The summed E-state index contributed by atoms with van der Waals surface area (Å²) in [6.07, 6.45) is 1.81. The number of halogens is 1. The zero-order valence-corrected chi connectivity index (χ0v) is 17.7. The molecule has 3 aromatic rings. The number of nitrogens with zero attached hydrogens (tertiary/aromatic N) is 4. The zero-order valence-electron chi connectivity index (χ0n) is 16.8. The number of fused-ring (bicyclic) bond motifs is 4. The maximum absolute atomic E-state index is 13.8. The predicted molar refractivity (Wildman–Crippen MR) is 117 cm³/mol. The molecule has 1 unspecified atom stereocenters. The number of aromatic nitrogens is 1. The SMILES string of the molecule is CC1=CC(C(=O)N2CCN3C(=O)c4cc5ccsc5n4CC23c2ccc(F)cc2)=NC1. The molecule has 1 fully saturated rings. The van der Waals surface area contributed by atoms with Gasteiger partial charge in [0, 0.05) is 24.0 Å². The number of carbonyl (C=O) groups excluding carboxylic acids is 2. The van der Waals surface area contributed by atoms with Crippen molar-refractivity contribution in [2.24, 2.45) is 4.99 Å². The average Bonchev–Trinajstić information content (AvgIpc) is 3.52. The largest absolute Gasteiger partial charge is 0.324 e. The van der Waals surface area contributed by atoms with Crippen molar-refractivity contribution in [2.45, 2.75) is 19.1 Å². The van der Waals surface area contributed by atoms with Gasteiger partial charge < -0.3 is 14.4 Å². The summed E-state index contributed by atoms with van der Waals surface area (Å²) in [5, 5.41) is 3.01. The highest BCUT2D eigenvalue weighted by atomic mass is 32.1. The highest BCUT2D eigenvalue weighted by Crippen LogP contribution is 2.45. The first-order valence-electron chi connectivity index (χ1n) is 10.2. The van der Waals surface area contributed by atoms with E-state index in [1.807, 2.05) is 35.1 Å². The summed E-state index contributed by atoms with van der Waals surface area (Å²) in [4.78, 5) is 36.1. The lowest BCUT2D eigenvalue weighted by atomic mass is 9.93. The number of thiophene rings is 1. The minimum Gasteiger partial charge on any atom is -0.324 e. The molecule has 2 aromatic heterocycles. The van der Waals surface area contributed by atoms with Crippen LogP contribution in [-0.4, -0.2) is 51.5 Å². The third kappa shape index (κ3) is 2.45. The highest BCUT2D eigenvalue weighted by molar-refractivity contribution is 7.16. The summed E-state index contributed by atoms with van der Waals surface area (Å²) >= 11 is 1.57. The summed E-state index contributed by atoms with van der Waals surface area (Å²) in [7, 11) is 0. The molecular weight excluding hydrogens is 415 g/mol. The molecule has 6 rings (SSSR count). The van der Waals surface area contributed by atoms with Gasteiger partial charge >= 0.3 is 0 Å². The van der Waals surface area contributed by atoms with Crippen LogP contribution < -0.4 is 0 Å². The number of amides is 2. The molecule has 156 valence electrons. The van der Waals surface area contributed by atoms with E-state index >= 15 is 0 Å². The molecule has 0 N–H and O–H groups in total. The Kier molecular flexibility index (Phi) is 3.80. The summed E-state index contributed by atoms with van der Waals surface area (Å²) < 4.78 is 15.8. The maximum Gasteiger partial charge on any atom is 0.274 e. The zero-order chi connectivity index (χ0) is 21.3. The van der Waals surface area contributed by atoms with E-state index in [-0.39, 0.29) is 17.6 Å². The Balaban J connectivity index is 1.56. The molecule has 2 amide bonds. The van der Waals surface area contributed by atoms with Crippen LogP contribution in [0, 0.1) is 5.82 Å². The Morgan fingerprint density at radius 2 is 2.00 bits per heavy atom. The van der Waals surface area contributed by atoms with Gasteiger partial charge in [-0.1, -0.05) is 12.1 Å². The van der Waals surface area contributed by atoms with Gasteiger partial charge in [0.1, 0.15) is 22.1 Å². The lowest BCUT2D eigenvalue weighted by Crippen LogP contribution is -2.60. The van der Waals surface area contributed by atoms with Crippen LogP contribution >= 0.6 is 11.3 Å². The fraction of sp³-hybridized carbons (Fsp3) is 0.261. The highest BCUT2D eigenvalue weighted by Gasteiger charge is 2.56. The van der Waals surface area contributed by atoms with Crippen LogP contribution in [0.5, 0.6) is 0 Å². The molecular formula is C23H19FN4O2S. The van der Waals surface area contributed by atoms with Crippen molar-refractivity contribution in [1.29, 1.82) is 0 Å². The summed E-state index contributed by atoms with van der Waals surface area (Å²) in [6, 6.07) is 10.0. The van der Waals surface area contributed by atoms with Gasteiger partial charge in [-0.25, -0.2) is 4.39 Å². The maximum atomic E-state index is 13.8. The second kappa shape index (κ2) is 6.37. The van der Waals surface area contributed by atoms with Crippen molar-refractivity contribution < 1.29 is 14.0 Å². The van der Waals surface area contributed by atoms with E-state index in [1.165, 1.54) is 12.1 Å². The van der Waals surface area contributed by atoms with Crippen LogP contribution in [-0.2, 0) is 17.0 Å². The minimum absolute atomic E-state index is 0.116. The molecule has 0 radical (unpaired) electrons. The van der Waals surface area contributed by atoms with Gasteiger partial charge in [-0.3, -0.25) is 14.6 Å². The van der Waals surface area contributed by atoms with E-state index in [2.05, 4.69) is 4.99 Å². The number of hydrogen-bond donors (Lipinski definition) is 0. The third-order valence-electron chi connectivity index (χ3n) is 6.44. The van der Waals surface area contributed by atoms with Gasteiger partial charge in [0.2, 0.25) is 0 Å². The van der Waals surface area contributed by atoms with Gasteiger partial charge in [-0.15, -0.1) is 11.3 Å². The molecule has 5 heterocycles. The summed E-state index contributed by atoms with van der Waals surface area (Å²) in [6.45, 7) is 3.66. The average molecular weight is 434 g/mol. The number of carbonyl (C=O) groups is 2. The van der Waals surface area contributed by atoms with Gasteiger partial charge in [-0.2, -0.15) is 0 Å². The molecule has 8 heteroatoms. The number of benzene rings is 1. The van der Waals surface area contributed by atoms with Crippen molar-refractivity contribution in [2.75, 3.05) is 19.6 Å². The van der Waals surface area contributed by atoms with Crippen molar-refractivity contribution in [1.82, 2.24) is 14.4 Å². The topological polar surface area (TPSA) is 57.9 Å². The first-order valence-corrected chi connectivity index (χ1v) is 11.1. The Labute approximate surface area is 181 Å². The number of hydrogen-bond acceptors (Lipinski definition) is 4. The van der Waals surface area contributed by atoms with Crippen LogP contribution in [0.1, 0.15) is 23.0 Å². The van der Waals surface area contributed by atoms with E-state index in [0.29, 0.717) is 37.6 Å². The fourth-order valence-corrected chi connectivity index (χ4v) is 5.91. The number of aliphatic imine (C=N–C) groups is 1. The normalized spacial score (nSPS) is 22.6. The van der Waals surface area contributed by atoms with E-state index in [9.17, 15) is 14.0 Å². The molecule has 1 saturated heterocycles. The molecule has 0 bridgehead atoms. The third-order valence-corrected chi connectivity index (χ3v) is 7.39. The fourth-order valence-electron chi connectivity index (χ4n) is 5.02. The van der Waals surface area contributed by atoms with Gasteiger partial charge in [-0.05, 0) is 48.2 Å². The second-order valence-electron chi connectivity index (χ2n) is 8.23. The molecule has 0 aliphatic carbocycles. The van der Waals surface area contributed by atoms with Gasteiger partial charge in [0.05, 0.1) is 13.1 Å². The summed E-state index contributed by atoms with van der Waals surface area (Å²) in [5.74, 6) is -0.672. The van der Waals surface area contributed by atoms with E-state index < -0.39 is 5.66 Å². The Bertz CT molecular complexity index is 1320. The second-order valence-corrected chi connectivity index (χ2v) is 9.12. The molecule has 0 saturated carbocycles. The van der Waals surface area contributed by atoms with Crippen LogP contribution in [0.4, 0.5) is 4.39 Å². The van der Waals surface area contributed by atoms with Crippen LogP contribution in [0.2, 0.25) is 0 Å². The first-order chi connectivity index (χ1) is 15.0. The lowest BCUT2D eigenvalue weighted by Gasteiger charge is -2.47. The smallest absolute Gasteiger partial charge is 0.274 e. The Morgan fingerprint density at radius 1 is 1.19 bits per heavy atom. The standard InChI is InChI=1S/C23H19FN4O2S/c1-14-10-18(25-12-14)20(29)27-7-8-28-21(30)19-11-15-6-9-31-22(15)26(19)13-23(27,28)16-2-4-17(24)5-3-16/h2-6,9-11H,7-8,12-13H2,1H3. The minimum atomic E-state index is -1.03. The van der Waals surface area contributed by atoms with Crippen LogP contribution in [0.3, 0.4) is 0 Å². The van der Waals surface area contributed by atoms with Crippen molar-refractivity contribution in [3.63, 3.8) is 0 Å². The number of rotatable bonds is 2. The molecule has 3 aliphatic rings. The van der Waals surface area contributed by atoms with Crippen LogP contribution in [0.15, 0.2) is 58.4 Å². The van der Waals surface area contributed by atoms with E-state index in [4.69, 9.17) is 0 Å². The van der Waals surface area contributed by atoms with Gasteiger partial charge in [0.15, 0.2) is 5.66 Å². The Hall–Kier alpha value is -3.26. The summed E-state index contributed by atoms with van der Waals surface area (Å²) in [5.41, 5.74) is 1.76. The predicted octanol–water partition coefficient (Wildman–Crippen LogP) is 3.39. The van der Waals surface area contributed by atoms with E-state index in [1.54, 1.807) is 33.3 Å². The van der Waals surface area contributed by atoms with Crippen molar-refractivity contribution in [3.8, 4) is 0 Å². The quantitative estimate of drug-likeness (QED) is 0.621. The molecule has 31 heavy (non-hydrogen) atoms. The molecule has 6 nitrogen and oxygen atoms in total. The monoisotopic (exact) mass is 434 g/mol. The molecule has 0 spiro atoms. The molecule has 1 aromatic carbocycles. The first kappa shape index (κ1) is 18.5. The molecule has 3 aliphatic heterocycles. The van der Waals surface area contributed by atoms with Crippen molar-refractivity contribution >= 4 is 39.1 Å². The Morgan fingerprint density at radius 3 is 2.74 bits per heavy atom. The van der Waals surface area contributed by atoms with E-state index in [0.717, 1.165) is 21.4 Å². The van der Waals surface area contributed by atoms with Gasteiger partial charge in [0.25, 0.3) is 11.8 Å². The van der Waals surface area contributed by atoms with Crippen LogP contribution in [0.25, 0.3) is 10.2 Å².